The van der Waals surface area contributed by atoms with Crippen molar-refractivity contribution in [2.24, 2.45) is 0 Å². The third kappa shape index (κ3) is 5.47. The summed E-state index contributed by atoms with van der Waals surface area (Å²) in [5.41, 5.74) is 2.72. The minimum atomic E-state index is -1.21. The van der Waals surface area contributed by atoms with Gasteiger partial charge in [0.1, 0.15) is 18.0 Å². The van der Waals surface area contributed by atoms with Gasteiger partial charge in [0.15, 0.2) is 17.4 Å². The predicted molar refractivity (Wildman–Crippen MR) is 158 cm³/mol. The topological polar surface area (TPSA) is 111 Å². The molecule has 0 radical (unpaired) electrons. The molecule has 0 amide bonds. The Bertz CT molecular complexity index is 1600. The average Bonchev–Trinajstić information content (AvgIpc) is 2.96. The molecule has 5 heterocycles. The van der Waals surface area contributed by atoms with E-state index in [-0.39, 0.29) is 30.9 Å². The van der Waals surface area contributed by atoms with Crippen LogP contribution >= 0.6 is 0 Å². The van der Waals surface area contributed by atoms with Gasteiger partial charge in [0.05, 0.1) is 18.9 Å². The van der Waals surface area contributed by atoms with Crippen LogP contribution in [0.5, 0.6) is 17.5 Å². The van der Waals surface area contributed by atoms with Crippen LogP contribution in [0.4, 0.5) is 0 Å². The maximum absolute atomic E-state index is 13.3. The number of hydrogen-bond acceptors (Lipinski definition) is 9. The second-order valence-electron chi connectivity index (χ2n) is 11.5. The molecule has 1 fully saturated rings. The second-order valence-corrected chi connectivity index (χ2v) is 13.7. The van der Waals surface area contributed by atoms with E-state index in [1.807, 2.05) is 44.1 Å². The lowest BCUT2D eigenvalue weighted by Crippen LogP contribution is -2.65. The number of nitrogens with zero attached hydrogens (tertiary/aromatic N) is 4. The fourth-order valence-electron chi connectivity index (χ4n) is 5.25. The molecule has 1 aromatic carbocycles. The Hall–Kier alpha value is -3.56. The van der Waals surface area contributed by atoms with Gasteiger partial charge >= 0.3 is 5.69 Å². The number of aryl methyl sites for hydroxylation is 1. The normalized spacial score (nSPS) is 19.0. The number of aromatic nitrogens is 3. The maximum atomic E-state index is 13.3. The number of ether oxygens (including phenoxy) is 4. The molecule has 11 heteroatoms. The van der Waals surface area contributed by atoms with E-state index in [4.69, 9.17) is 18.9 Å². The van der Waals surface area contributed by atoms with Crippen molar-refractivity contribution in [3.63, 3.8) is 0 Å². The molecule has 42 heavy (non-hydrogen) atoms. The zero-order valence-corrected chi connectivity index (χ0v) is 25.0. The second kappa shape index (κ2) is 11.3. The summed E-state index contributed by atoms with van der Waals surface area (Å²) in [6.07, 6.45) is 1.97. The Morgan fingerprint density at radius 3 is 2.83 bits per heavy atom. The largest absolute Gasteiger partial charge is 0.597 e. The van der Waals surface area contributed by atoms with Crippen LogP contribution in [0.2, 0.25) is 0 Å². The Labute approximate surface area is 248 Å². The fraction of sp³-hybridized carbons (Fsp3) is 0.452. The van der Waals surface area contributed by atoms with E-state index >= 15 is 0 Å². The van der Waals surface area contributed by atoms with Gasteiger partial charge in [-0.3, -0.25) is 4.57 Å². The zero-order valence-electron chi connectivity index (χ0n) is 24.2. The summed E-state index contributed by atoms with van der Waals surface area (Å²) < 4.78 is 39.5. The van der Waals surface area contributed by atoms with E-state index in [9.17, 15) is 9.35 Å². The van der Waals surface area contributed by atoms with Gasteiger partial charge in [0.25, 0.3) is 5.88 Å². The van der Waals surface area contributed by atoms with Gasteiger partial charge in [-0.15, -0.1) is 4.31 Å². The summed E-state index contributed by atoms with van der Waals surface area (Å²) in [7, 11) is 0. The van der Waals surface area contributed by atoms with Crippen LogP contribution in [0.25, 0.3) is 11.3 Å². The van der Waals surface area contributed by atoms with Crippen molar-refractivity contribution >= 4 is 11.4 Å². The number of likely N-dealkylation sites (N-methyl/N-ethyl adjacent to an activating group) is 1. The average molecular weight is 591 g/mol. The molecule has 6 rings (SSSR count). The number of fused-ring (bicyclic) bond motifs is 4. The molecule has 2 atom stereocenters. The highest BCUT2D eigenvalue weighted by atomic mass is 32.2. The fourth-order valence-corrected chi connectivity index (χ4v) is 6.61. The summed E-state index contributed by atoms with van der Waals surface area (Å²) >= 11 is -1.21. The molecular formula is C31H34N4O6S. The lowest BCUT2D eigenvalue weighted by Gasteiger charge is -2.46. The third-order valence-electron chi connectivity index (χ3n) is 7.44. The molecule has 3 aliphatic rings. The molecule has 220 valence electrons. The number of rotatable bonds is 6. The van der Waals surface area contributed by atoms with Crippen LogP contribution < -0.4 is 19.9 Å². The molecular weight excluding hydrogens is 556 g/mol. The third-order valence-corrected chi connectivity index (χ3v) is 9.49. The SMILES string of the molecule is CCN([S+]([O-])C(C)(C)C)C1(C#Cc2ccc3c(c2)CCn2c-3cc(OCC3COc4ncccc4O3)nc2=O)COC1. The first-order valence-corrected chi connectivity index (χ1v) is 15.2. The highest BCUT2D eigenvalue weighted by molar-refractivity contribution is 7.90. The number of pyridine rings is 1. The van der Waals surface area contributed by atoms with Crippen LogP contribution in [0.15, 0.2) is 47.4 Å². The first-order valence-electron chi connectivity index (χ1n) is 14.1. The van der Waals surface area contributed by atoms with Crippen LogP contribution in [-0.4, -0.2) is 72.8 Å². The van der Waals surface area contributed by atoms with Gasteiger partial charge < -0.3 is 23.5 Å². The van der Waals surface area contributed by atoms with Crippen LogP contribution in [0.3, 0.4) is 0 Å². The van der Waals surface area contributed by atoms with E-state index in [0.717, 1.165) is 22.4 Å². The van der Waals surface area contributed by atoms with Crippen molar-refractivity contribution < 1.29 is 23.5 Å². The van der Waals surface area contributed by atoms with Gasteiger partial charge in [-0.2, -0.15) is 4.98 Å². The van der Waals surface area contributed by atoms with E-state index in [1.165, 1.54) is 0 Å². The van der Waals surface area contributed by atoms with Gasteiger partial charge in [0, 0.05) is 47.8 Å². The highest BCUT2D eigenvalue weighted by Gasteiger charge is 2.51. The van der Waals surface area contributed by atoms with Crippen molar-refractivity contribution in [1.82, 2.24) is 18.8 Å². The first kappa shape index (κ1) is 28.6. The van der Waals surface area contributed by atoms with Gasteiger partial charge in [0.2, 0.25) is 5.88 Å². The van der Waals surface area contributed by atoms with E-state index in [2.05, 4.69) is 27.9 Å². The van der Waals surface area contributed by atoms with Gasteiger partial charge in [-0.1, -0.05) is 17.9 Å². The summed E-state index contributed by atoms with van der Waals surface area (Å²) in [6.45, 7) is 10.4. The molecule has 2 aromatic heterocycles. The van der Waals surface area contributed by atoms with Crippen molar-refractivity contribution in [3.8, 4) is 40.6 Å². The van der Waals surface area contributed by atoms with Gasteiger partial charge in [-0.05, 0) is 63.9 Å². The van der Waals surface area contributed by atoms with Crippen molar-refractivity contribution in [2.45, 2.75) is 57.1 Å². The molecule has 1 saturated heterocycles. The Morgan fingerprint density at radius 2 is 2.10 bits per heavy atom. The van der Waals surface area contributed by atoms with Crippen LogP contribution in [0, 0.1) is 11.8 Å². The predicted octanol–water partition coefficient (Wildman–Crippen LogP) is 2.98. The summed E-state index contributed by atoms with van der Waals surface area (Å²) in [5, 5.41) is 0. The van der Waals surface area contributed by atoms with E-state index in [0.29, 0.717) is 44.4 Å². The lowest BCUT2D eigenvalue weighted by atomic mass is 9.94. The lowest BCUT2D eigenvalue weighted by molar-refractivity contribution is -0.0769. The Balaban J connectivity index is 1.21. The van der Waals surface area contributed by atoms with E-state index < -0.39 is 21.6 Å². The molecule has 0 aliphatic carbocycles. The zero-order chi connectivity index (χ0) is 29.5. The first-order chi connectivity index (χ1) is 20.2. The summed E-state index contributed by atoms with van der Waals surface area (Å²) in [5.74, 6) is 7.98. The molecule has 2 unspecified atom stereocenters. The van der Waals surface area contributed by atoms with Crippen LogP contribution in [0.1, 0.15) is 38.8 Å². The van der Waals surface area contributed by atoms with E-state index in [1.54, 1.807) is 29.0 Å². The highest BCUT2D eigenvalue weighted by Crippen LogP contribution is 2.34. The standard InChI is InChI=1S/C31H34N4O6S/c1-5-35(42(37)30(2,3)4)31(19-38-20-31)12-10-21-8-9-24-22(15-21)11-14-34-25(24)16-27(33-29(34)36)39-17-23-18-40-28-26(41-23)7-6-13-32-28/h6-9,13,15-16,23H,5,11,14,17-20H2,1-4H3. The molecule has 3 aliphatic heterocycles. The minimum absolute atomic E-state index is 0.172. The molecule has 3 aromatic rings. The minimum Gasteiger partial charge on any atom is -0.597 e. The number of hydrogen-bond donors (Lipinski definition) is 0. The summed E-state index contributed by atoms with van der Waals surface area (Å²) in [4.78, 5) is 21.2. The van der Waals surface area contributed by atoms with Crippen molar-refractivity contribution in [1.29, 1.82) is 0 Å². The summed E-state index contributed by atoms with van der Waals surface area (Å²) in [6, 6.07) is 11.4. The van der Waals surface area contributed by atoms with Gasteiger partial charge in [-0.25, -0.2) is 9.78 Å². The van der Waals surface area contributed by atoms with Crippen molar-refractivity contribution in [3.05, 3.63) is 64.2 Å². The molecule has 0 spiro atoms. The molecule has 0 saturated carbocycles. The van der Waals surface area contributed by atoms with Crippen molar-refractivity contribution in [2.75, 3.05) is 33.0 Å². The molecule has 0 N–H and O–H groups in total. The monoisotopic (exact) mass is 590 g/mol. The Morgan fingerprint density at radius 1 is 1.26 bits per heavy atom. The smallest absolute Gasteiger partial charge is 0.351 e. The number of benzene rings is 1. The molecule has 0 bridgehead atoms. The Kier molecular flexibility index (Phi) is 7.66. The maximum Gasteiger partial charge on any atom is 0.351 e. The molecule has 10 nitrogen and oxygen atoms in total. The van der Waals surface area contributed by atoms with Crippen LogP contribution in [-0.2, 0) is 29.1 Å². The quantitative estimate of drug-likeness (QED) is 0.316.